The first-order chi connectivity index (χ1) is 9.79. The molecule has 1 aromatic rings. The summed E-state index contributed by atoms with van der Waals surface area (Å²) in [6, 6.07) is 11.6. The predicted octanol–water partition coefficient (Wildman–Crippen LogP) is 2.87. The van der Waals surface area contributed by atoms with Gasteiger partial charge in [0, 0.05) is 0 Å². The molecule has 1 heterocycles. The molecule has 2 aliphatic rings. The van der Waals surface area contributed by atoms with Crippen LogP contribution >= 0.6 is 0 Å². The molecule has 3 rings (SSSR count). The van der Waals surface area contributed by atoms with Crippen molar-refractivity contribution < 1.29 is 4.80 Å². The van der Waals surface area contributed by atoms with Gasteiger partial charge in [0.1, 0.15) is 0 Å². The van der Waals surface area contributed by atoms with Gasteiger partial charge in [0.15, 0.2) is 0 Å². The molecule has 2 nitrogen and oxygen atoms in total. The number of hydrogen-bond acceptors (Lipinski definition) is 2. The Morgan fingerprint density at radius 2 is 1.65 bits per heavy atom. The van der Waals surface area contributed by atoms with Crippen LogP contribution in [0.15, 0.2) is 30.3 Å². The second-order valence-corrected chi connectivity index (χ2v) is 10.3. The summed E-state index contributed by atoms with van der Waals surface area (Å²) in [5.41, 5.74) is 0.590. The quantitative estimate of drug-likeness (QED) is 0.843. The van der Waals surface area contributed by atoms with Crippen molar-refractivity contribution in [2.75, 3.05) is 19.6 Å². The average molecular weight is 289 g/mol. The van der Waals surface area contributed by atoms with E-state index in [1.165, 1.54) is 56.8 Å². The highest BCUT2D eigenvalue weighted by Gasteiger charge is 2.43. The van der Waals surface area contributed by atoms with Gasteiger partial charge in [0.25, 0.3) is 0 Å². The molecular formula is C17H27NOSi. The molecule has 1 saturated heterocycles. The molecule has 1 aliphatic carbocycles. The minimum atomic E-state index is -2.30. The van der Waals surface area contributed by atoms with Crippen LogP contribution in [0, 0.1) is 0 Å². The zero-order valence-corrected chi connectivity index (χ0v) is 13.4. The molecule has 110 valence electrons. The van der Waals surface area contributed by atoms with Gasteiger partial charge in [-0.15, -0.1) is 0 Å². The second-order valence-electron chi connectivity index (χ2n) is 6.57. The largest absolute Gasteiger partial charge is 0.427 e. The van der Waals surface area contributed by atoms with Crippen molar-refractivity contribution in [3.8, 4) is 0 Å². The van der Waals surface area contributed by atoms with Crippen LogP contribution in [0.2, 0.25) is 11.6 Å². The monoisotopic (exact) mass is 289 g/mol. The maximum Gasteiger partial charge on any atom is 0.224 e. The zero-order valence-electron chi connectivity index (χ0n) is 12.4. The van der Waals surface area contributed by atoms with Crippen molar-refractivity contribution in [2.24, 2.45) is 0 Å². The van der Waals surface area contributed by atoms with Gasteiger partial charge in [-0.1, -0.05) is 56.0 Å². The first kappa shape index (κ1) is 14.3. The fourth-order valence-electron chi connectivity index (χ4n) is 4.05. The van der Waals surface area contributed by atoms with Crippen LogP contribution in [0.3, 0.4) is 0 Å². The van der Waals surface area contributed by atoms with Crippen LogP contribution in [0.1, 0.15) is 38.5 Å². The van der Waals surface area contributed by atoms with Gasteiger partial charge in [-0.3, -0.25) is 0 Å². The normalized spacial score (nSPS) is 24.1. The smallest absolute Gasteiger partial charge is 0.224 e. The fourth-order valence-corrected chi connectivity index (χ4v) is 8.01. The number of hydrogen-bond donors (Lipinski definition) is 1. The summed E-state index contributed by atoms with van der Waals surface area (Å²) in [7, 11) is -2.30. The highest BCUT2D eigenvalue weighted by molar-refractivity contribution is 6.86. The first-order valence-corrected chi connectivity index (χ1v) is 10.5. The van der Waals surface area contributed by atoms with E-state index in [-0.39, 0.29) is 0 Å². The Balaban J connectivity index is 1.75. The van der Waals surface area contributed by atoms with Gasteiger partial charge >= 0.3 is 0 Å². The van der Waals surface area contributed by atoms with Crippen LogP contribution in [-0.2, 0) is 0 Å². The van der Waals surface area contributed by atoms with E-state index < -0.39 is 8.32 Å². The van der Waals surface area contributed by atoms with Crippen molar-refractivity contribution in [3.05, 3.63) is 30.3 Å². The number of rotatable bonds is 5. The SMILES string of the molecule is O[Si](CCN1CCCC1)(c1ccccc1)C1CCCC1. The third-order valence-electron chi connectivity index (χ3n) is 5.31. The molecule has 2 fully saturated rings. The Labute approximate surface area is 123 Å². The summed E-state index contributed by atoms with van der Waals surface area (Å²) in [6.45, 7) is 3.59. The van der Waals surface area contributed by atoms with E-state index in [4.69, 9.17) is 0 Å². The zero-order chi connectivity index (χ0) is 13.8. The van der Waals surface area contributed by atoms with Crippen LogP contribution in [0.4, 0.5) is 0 Å². The van der Waals surface area contributed by atoms with Crippen LogP contribution < -0.4 is 5.19 Å². The summed E-state index contributed by atoms with van der Waals surface area (Å²) in [6.07, 6.45) is 7.81. The molecule has 0 aromatic heterocycles. The van der Waals surface area contributed by atoms with E-state index in [0.29, 0.717) is 5.54 Å². The molecule has 1 saturated carbocycles. The Morgan fingerprint density at radius 1 is 1.00 bits per heavy atom. The molecule has 1 unspecified atom stereocenters. The number of benzene rings is 1. The third kappa shape index (κ3) is 3.00. The van der Waals surface area contributed by atoms with Gasteiger partial charge in [-0.05, 0) is 49.2 Å². The lowest BCUT2D eigenvalue weighted by molar-refractivity contribution is 0.349. The lowest BCUT2D eigenvalue weighted by Gasteiger charge is -2.33. The van der Waals surface area contributed by atoms with Crippen molar-refractivity contribution in [2.45, 2.75) is 50.1 Å². The van der Waals surface area contributed by atoms with Crippen molar-refractivity contribution in [1.82, 2.24) is 4.90 Å². The number of likely N-dealkylation sites (tertiary alicyclic amines) is 1. The van der Waals surface area contributed by atoms with E-state index in [1.807, 2.05) is 0 Å². The van der Waals surface area contributed by atoms with E-state index in [0.717, 1.165) is 12.6 Å². The van der Waals surface area contributed by atoms with Crippen molar-refractivity contribution in [3.63, 3.8) is 0 Å². The lowest BCUT2D eigenvalue weighted by Crippen LogP contribution is -2.53. The summed E-state index contributed by atoms with van der Waals surface area (Å²) in [4.78, 5) is 14.1. The molecular weight excluding hydrogens is 262 g/mol. The maximum absolute atomic E-state index is 11.6. The van der Waals surface area contributed by atoms with Gasteiger partial charge in [-0.2, -0.15) is 0 Å². The second kappa shape index (κ2) is 6.42. The molecule has 1 atom stereocenters. The molecule has 0 bridgehead atoms. The van der Waals surface area contributed by atoms with Gasteiger partial charge < -0.3 is 9.70 Å². The molecule has 3 heteroatoms. The summed E-state index contributed by atoms with van der Waals surface area (Å²) < 4.78 is 0. The molecule has 0 amide bonds. The minimum absolute atomic E-state index is 0.590. The van der Waals surface area contributed by atoms with Crippen LogP contribution in [0.25, 0.3) is 0 Å². The summed E-state index contributed by atoms with van der Waals surface area (Å²) >= 11 is 0. The number of nitrogens with zero attached hydrogens (tertiary/aromatic N) is 1. The standard InChI is InChI=1S/C17H27NOSi/c19-20(17-10-4-5-11-17,16-8-2-1-3-9-16)15-14-18-12-6-7-13-18/h1-3,8-9,17,19H,4-7,10-15H2. The molecule has 0 radical (unpaired) electrons. The Morgan fingerprint density at radius 3 is 2.30 bits per heavy atom. The minimum Gasteiger partial charge on any atom is -0.427 e. The molecule has 1 N–H and O–H groups in total. The Kier molecular flexibility index (Phi) is 4.59. The van der Waals surface area contributed by atoms with Crippen molar-refractivity contribution >= 4 is 13.5 Å². The van der Waals surface area contributed by atoms with Crippen molar-refractivity contribution in [1.29, 1.82) is 0 Å². The van der Waals surface area contributed by atoms with Gasteiger partial charge in [-0.25, -0.2) is 0 Å². The topological polar surface area (TPSA) is 23.5 Å². The average Bonchev–Trinajstić information content (AvgIpc) is 3.19. The van der Waals surface area contributed by atoms with E-state index in [9.17, 15) is 4.80 Å². The molecule has 1 aliphatic heterocycles. The van der Waals surface area contributed by atoms with E-state index in [1.54, 1.807) is 0 Å². The highest BCUT2D eigenvalue weighted by Crippen LogP contribution is 2.39. The third-order valence-corrected chi connectivity index (χ3v) is 9.56. The van der Waals surface area contributed by atoms with Crippen LogP contribution in [0.5, 0.6) is 0 Å². The van der Waals surface area contributed by atoms with Gasteiger partial charge in [0.2, 0.25) is 8.32 Å². The fraction of sp³-hybridized carbons (Fsp3) is 0.647. The summed E-state index contributed by atoms with van der Waals surface area (Å²) in [5.74, 6) is 0. The summed E-state index contributed by atoms with van der Waals surface area (Å²) in [5, 5.41) is 1.27. The maximum atomic E-state index is 11.6. The van der Waals surface area contributed by atoms with E-state index in [2.05, 4.69) is 35.2 Å². The molecule has 1 aromatic carbocycles. The van der Waals surface area contributed by atoms with Crippen LogP contribution in [-0.4, -0.2) is 37.6 Å². The highest BCUT2D eigenvalue weighted by atomic mass is 28.4. The Hall–Kier alpha value is -0.643. The lowest BCUT2D eigenvalue weighted by atomic mass is 10.4. The molecule has 0 spiro atoms. The molecule has 20 heavy (non-hydrogen) atoms. The predicted molar refractivity (Wildman–Crippen MR) is 86.7 cm³/mol. The first-order valence-electron chi connectivity index (χ1n) is 8.29. The van der Waals surface area contributed by atoms with E-state index >= 15 is 0 Å². The Bertz CT molecular complexity index is 412. The van der Waals surface area contributed by atoms with Gasteiger partial charge in [0.05, 0.1) is 0 Å².